The second kappa shape index (κ2) is 6.39. The van der Waals surface area contributed by atoms with Crippen molar-refractivity contribution in [1.82, 2.24) is 4.98 Å². The molecule has 0 aliphatic heterocycles. The molecule has 0 fully saturated rings. The first-order valence-electron chi connectivity index (χ1n) is 6.30. The topological polar surface area (TPSA) is 54.0 Å². The van der Waals surface area contributed by atoms with E-state index in [9.17, 15) is 4.79 Å². The molecule has 1 amide bonds. The average molecular weight is 290 g/mol. The van der Waals surface area contributed by atoms with Gasteiger partial charge in [0.25, 0.3) is 0 Å². The first-order chi connectivity index (χ1) is 9.54. The molecule has 20 heavy (non-hydrogen) atoms. The van der Waals surface area contributed by atoms with E-state index in [1.807, 2.05) is 31.2 Å². The van der Waals surface area contributed by atoms with Crippen molar-refractivity contribution >= 4 is 29.0 Å². The summed E-state index contributed by atoms with van der Waals surface area (Å²) in [6.07, 6.45) is 1.50. The lowest BCUT2D eigenvalue weighted by Gasteiger charge is -2.15. The van der Waals surface area contributed by atoms with Gasteiger partial charge in [0.2, 0.25) is 5.91 Å². The average Bonchev–Trinajstić information content (AvgIpc) is 2.41. The van der Waals surface area contributed by atoms with Gasteiger partial charge in [0.1, 0.15) is 11.9 Å². The minimum atomic E-state index is -0.366. The number of nitrogens with zero attached hydrogens (tertiary/aromatic N) is 1. The Kier molecular flexibility index (Phi) is 4.58. The molecule has 1 heterocycles. The molecule has 0 aliphatic rings. The highest BCUT2D eigenvalue weighted by atomic mass is 35.5. The molecule has 4 nitrogen and oxygen atoms in total. The number of amides is 1. The maximum atomic E-state index is 12.0. The molecule has 2 aromatic rings. The Hall–Kier alpha value is -2.07. The minimum absolute atomic E-state index is 0.152. The minimum Gasteiger partial charge on any atom is -0.374 e. The number of aryl methyl sites for hydroxylation is 1. The lowest BCUT2D eigenvalue weighted by molar-refractivity contribution is -0.116. The molecule has 0 spiro atoms. The highest BCUT2D eigenvalue weighted by molar-refractivity contribution is 6.30. The Morgan fingerprint density at radius 3 is 2.75 bits per heavy atom. The summed E-state index contributed by atoms with van der Waals surface area (Å²) in [5, 5.41) is 6.42. The Morgan fingerprint density at radius 1 is 1.30 bits per heavy atom. The molecule has 0 radical (unpaired) electrons. The van der Waals surface area contributed by atoms with Crippen molar-refractivity contribution in [3.8, 4) is 0 Å². The molecule has 5 heteroatoms. The maximum absolute atomic E-state index is 12.0. The predicted molar refractivity (Wildman–Crippen MR) is 82.1 cm³/mol. The number of rotatable bonds is 4. The van der Waals surface area contributed by atoms with Crippen LogP contribution in [0.4, 0.5) is 11.5 Å². The van der Waals surface area contributed by atoms with Crippen LogP contribution in [0, 0.1) is 6.92 Å². The van der Waals surface area contributed by atoms with Crippen LogP contribution >= 0.6 is 11.6 Å². The highest BCUT2D eigenvalue weighted by Crippen LogP contribution is 2.13. The zero-order valence-electron chi connectivity index (χ0n) is 11.4. The van der Waals surface area contributed by atoms with Crippen molar-refractivity contribution in [2.24, 2.45) is 0 Å². The summed E-state index contributed by atoms with van der Waals surface area (Å²) in [6.45, 7) is 3.81. The number of nitrogens with one attached hydrogen (secondary N) is 2. The van der Waals surface area contributed by atoms with Gasteiger partial charge in [0, 0.05) is 11.9 Å². The standard InChI is InChI=1S/C15H16ClN3O/c1-10-4-3-5-13(8-10)18-11(2)15(20)19-14-7-6-12(16)9-17-14/h3-9,11,18H,1-2H3,(H,17,19,20). The molecule has 104 valence electrons. The van der Waals surface area contributed by atoms with Crippen LogP contribution in [0.25, 0.3) is 0 Å². The second-order valence-corrected chi connectivity index (χ2v) is 5.02. The number of aromatic nitrogens is 1. The first-order valence-corrected chi connectivity index (χ1v) is 6.68. The predicted octanol–water partition coefficient (Wildman–Crippen LogP) is 3.48. The van der Waals surface area contributed by atoms with Crippen LogP contribution in [-0.4, -0.2) is 16.9 Å². The van der Waals surface area contributed by atoms with E-state index in [-0.39, 0.29) is 11.9 Å². The van der Waals surface area contributed by atoms with Gasteiger partial charge in [-0.1, -0.05) is 23.7 Å². The Labute approximate surface area is 123 Å². The van der Waals surface area contributed by atoms with Crippen molar-refractivity contribution < 1.29 is 4.79 Å². The summed E-state index contributed by atoms with van der Waals surface area (Å²) in [5.74, 6) is 0.332. The van der Waals surface area contributed by atoms with Crippen molar-refractivity contribution in [1.29, 1.82) is 0 Å². The van der Waals surface area contributed by atoms with Crippen LogP contribution in [0.3, 0.4) is 0 Å². The molecule has 2 rings (SSSR count). The van der Waals surface area contributed by atoms with Crippen molar-refractivity contribution in [3.05, 3.63) is 53.2 Å². The van der Waals surface area contributed by atoms with Crippen LogP contribution < -0.4 is 10.6 Å². The van der Waals surface area contributed by atoms with E-state index >= 15 is 0 Å². The van der Waals surface area contributed by atoms with E-state index in [1.54, 1.807) is 19.1 Å². The van der Waals surface area contributed by atoms with E-state index in [1.165, 1.54) is 6.20 Å². The Balaban J connectivity index is 1.96. The van der Waals surface area contributed by atoms with E-state index in [0.717, 1.165) is 11.3 Å². The summed E-state index contributed by atoms with van der Waals surface area (Å²) in [4.78, 5) is 16.1. The second-order valence-electron chi connectivity index (χ2n) is 4.59. The number of hydrogen-bond acceptors (Lipinski definition) is 3. The molecular weight excluding hydrogens is 274 g/mol. The summed E-state index contributed by atoms with van der Waals surface area (Å²) in [6, 6.07) is 10.9. The molecule has 0 saturated carbocycles. The summed E-state index contributed by atoms with van der Waals surface area (Å²) in [7, 11) is 0. The molecular formula is C15H16ClN3O. The zero-order chi connectivity index (χ0) is 14.5. The maximum Gasteiger partial charge on any atom is 0.247 e. The number of halogens is 1. The van der Waals surface area contributed by atoms with Gasteiger partial charge in [-0.3, -0.25) is 4.79 Å². The molecule has 1 atom stereocenters. The van der Waals surface area contributed by atoms with Crippen LogP contribution in [0.1, 0.15) is 12.5 Å². The summed E-state index contributed by atoms with van der Waals surface area (Å²) >= 11 is 5.75. The molecule has 1 aromatic carbocycles. The molecule has 0 bridgehead atoms. The number of hydrogen-bond donors (Lipinski definition) is 2. The van der Waals surface area contributed by atoms with Gasteiger partial charge in [-0.25, -0.2) is 4.98 Å². The lowest BCUT2D eigenvalue weighted by Crippen LogP contribution is -2.32. The number of carbonyl (C=O) groups is 1. The molecule has 0 saturated heterocycles. The van der Waals surface area contributed by atoms with Crippen molar-refractivity contribution in [3.63, 3.8) is 0 Å². The fourth-order valence-corrected chi connectivity index (χ4v) is 1.85. The fourth-order valence-electron chi connectivity index (χ4n) is 1.73. The van der Waals surface area contributed by atoms with Gasteiger partial charge in [-0.15, -0.1) is 0 Å². The van der Waals surface area contributed by atoms with Gasteiger partial charge in [-0.2, -0.15) is 0 Å². The SMILES string of the molecule is Cc1cccc(NC(C)C(=O)Nc2ccc(Cl)cn2)c1. The van der Waals surface area contributed by atoms with E-state index < -0.39 is 0 Å². The van der Waals surface area contributed by atoms with Gasteiger partial charge in [0.15, 0.2) is 0 Å². The largest absolute Gasteiger partial charge is 0.374 e. The van der Waals surface area contributed by atoms with Crippen LogP contribution in [0.15, 0.2) is 42.6 Å². The van der Waals surface area contributed by atoms with Gasteiger partial charge in [0.05, 0.1) is 5.02 Å². The van der Waals surface area contributed by atoms with Crippen LogP contribution in [-0.2, 0) is 4.79 Å². The molecule has 1 aromatic heterocycles. The zero-order valence-corrected chi connectivity index (χ0v) is 12.1. The normalized spacial score (nSPS) is 11.8. The number of pyridine rings is 1. The van der Waals surface area contributed by atoms with Crippen LogP contribution in [0.5, 0.6) is 0 Å². The third kappa shape index (κ3) is 3.96. The summed E-state index contributed by atoms with van der Waals surface area (Å²) in [5.41, 5.74) is 2.05. The lowest BCUT2D eigenvalue weighted by atomic mass is 10.2. The van der Waals surface area contributed by atoms with Crippen molar-refractivity contribution in [2.45, 2.75) is 19.9 Å². The summed E-state index contributed by atoms with van der Waals surface area (Å²) < 4.78 is 0. The fraction of sp³-hybridized carbons (Fsp3) is 0.200. The van der Waals surface area contributed by atoms with Gasteiger partial charge in [-0.05, 0) is 43.7 Å². The third-order valence-electron chi connectivity index (χ3n) is 2.77. The monoisotopic (exact) mass is 289 g/mol. The molecule has 0 aliphatic carbocycles. The van der Waals surface area contributed by atoms with E-state index in [0.29, 0.717) is 10.8 Å². The van der Waals surface area contributed by atoms with Gasteiger partial charge >= 0.3 is 0 Å². The van der Waals surface area contributed by atoms with Crippen LogP contribution in [0.2, 0.25) is 5.02 Å². The molecule has 1 unspecified atom stereocenters. The van der Waals surface area contributed by atoms with Crippen molar-refractivity contribution in [2.75, 3.05) is 10.6 Å². The smallest absolute Gasteiger partial charge is 0.247 e. The highest BCUT2D eigenvalue weighted by Gasteiger charge is 2.13. The first kappa shape index (κ1) is 14.3. The van der Waals surface area contributed by atoms with E-state index in [4.69, 9.17) is 11.6 Å². The quantitative estimate of drug-likeness (QED) is 0.906. The number of anilines is 2. The number of carbonyl (C=O) groups excluding carboxylic acids is 1. The van der Waals surface area contributed by atoms with Gasteiger partial charge < -0.3 is 10.6 Å². The Morgan fingerprint density at radius 2 is 2.10 bits per heavy atom. The number of benzene rings is 1. The molecule has 2 N–H and O–H groups in total. The van der Waals surface area contributed by atoms with E-state index in [2.05, 4.69) is 15.6 Å². The third-order valence-corrected chi connectivity index (χ3v) is 3.00. The Bertz CT molecular complexity index is 598.